The van der Waals surface area contributed by atoms with Gasteiger partial charge in [0.25, 0.3) is 5.91 Å². The molecule has 1 aromatic carbocycles. The van der Waals surface area contributed by atoms with Crippen LogP contribution in [0.1, 0.15) is 44.0 Å². The number of thioether (sulfide) groups is 1. The molecule has 0 saturated heterocycles. The summed E-state index contributed by atoms with van der Waals surface area (Å²) >= 11 is 1.50. The van der Waals surface area contributed by atoms with Crippen LogP contribution in [0, 0.1) is 0 Å². The molecule has 1 atom stereocenters. The summed E-state index contributed by atoms with van der Waals surface area (Å²) in [6.07, 6.45) is 1.61. The number of rotatable bonds is 5. The zero-order valence-electron chi connectivity index (χ0n) is 13.2. The Morgan fingerprint density at radius 2 is 2.09 bits per heavy atom. The molecule has 4 N–H and O–H groups in total. The Kier molecular flexibility index (Phi) is 5.13. The van der Waals surface area contributed by atoms with Crippen molar-refractivity contribution in [2.24, 2.45) is 5.73 Å². The monoisotopic (exact) mass is 321 g/mol. The molecule has 0 fully saturated rings. The van der Waals surface area contributed by atoms with Gasteiger partial charge in [-0.25, -0.2) is 0 Å². The van der Waals surface area contributed by atoms with Crippen LogP contribution in [-0.4, -0.2) is 29.1 Å². The Morgan fingerprint density at radius 1 is 1.41 bits per heavy atom. The predicted molar refractivity (Wildman–Crippen MR) is 90.2 cm³/mol. The first-order chi connectivity index (χ1) is 10.4. The normalized spacial score (nSPS) is 17.6. The van der Waals surface area contributed by atoms with Crippen LogP contribution in [0.2, 0.25) is 0 Å². The fourth-order valence-electron chi connectivity index (χ4n) is 2.21. The topological polar surface area (TPSA) is 84.2 Å². The number of carbonyl (C=O) groups is 2. The molecule has 22 heavy (non-hydrogen) atoms. The molecule has 1 unspecified atom stereocenters. The van der Waals surface area contributed by atoms with Gasteiger partial charge in [-0.1, -0.05) is 13.8 Å². The molecular weight excluding hydrogens is 298 g/mol. The van der Waals surface area contributed by atoms with E-state index in [1.165, 1.54) is 11.8 Å². The molecule has 1 heterocycles. The third-order valence-electron chi connectivity index (χ3n) is 4.18. The van der Waals surface area contributed by atoms with Crippen LogP contribution in [0.15, 0.2) is 23.1 Å². The highest BCUT2D eigenvalue weighted by Crippen LogP contribution is 2.35. The van der Waals surface area contributed by atoms with E-state index >= 15 is 0 Å². The van der Waals surface area contributed by atoms with Crippen LogP contribution in [0.3, 0.4) is 0 Å². The van der Waals surface area contributed by atoms with Crippen molar-refractivity contribution in [1.82, 2.24) is 5.32 Å². The first kappa shape index (κ1) is 16.8. The number of nitrogens with two attached hydrogens (primary N) is 1. The molecule has 2 amide bonds. The minimum Gasteiger partial charge on any atom is -0.350 e. The van der Waals surface area contributed by atoms with Gasteiger partial charge in [0.05, 0.1) is 10.9 Å². The van der Waals surface area contributed by atoms with E-state index in [9.17, 15) is 9.59 Å². The van der Waals surface area contributed by atoms with Gasteiger partial charge in [-0.3, -0.25) is 9.59 Å². The lowest BCUT2D eigenvalue weighted by atomic mass is 9.94. The Hall–Kier alpha value is -1.53. The molecule has 1 aliphatic heterocycles. The number of nitrogens with one attached hydrogen (secondary N) is 2. The molecule has 6 heteroatoms. The zero-order chi connectivity index (χ0) is 16.3. The molecule has 0 aliphatic carbocycles. The van der Waals surface area contributed by atoms with Crippen LogP contribution in [0.25, 0.3) is 0 Å². The second-order valence-electron chi connectivity index (χ2n) is 5.71. The maximum Gasteiger partial charge on any atom is 0.251 e. The average Bonchev–Trinajstić information content (AvgIpc) is 2.53. The molecule has 2 rings (SSSR count). The lowest BCUT2D eigenvalue weighted by molar-refractivity contribution is -0.115. The highest BCUT2D eigenvalue weighted by Gasteiger charge is 2.25. The van der Waals surface area contributed by atoms with E-state index < -0.39 is 0 Å². The SMILES string of the molecule is CCC(N)(CC)CNC(=O)c1ccc2c(c1)NC(=O)C(C)S2. The summed E-state index contributed by atoms with van der Waals surface area (Å²) in [4.78, 5) is 25.0. The lowest BCUT2D eigenvalue weighted by Gasteiger charge is -2.27. The number of amides is 2. The number of hydrogen-bond acceptors (Lipinski definition) is 4. The fourth-order valence-corrected chi connectivity index (χ4v) is 3.14. The zero-order valence-corrected chi connectivity index (χ0v) is 14.0. The van der Waals surface area contributed by atoms with Crippen molar-refractivity contribution in [2.45, 2.75) is 49.3 Å². The van der Waals surface area contributed by atoms with Gasteiger partial charge in [-0.15, -0.1) is 11.8 Å². The molecule has 0 radical (unpaired) electrons. The van der Waals surface area contributed by atoms with E-state index in [1.54, 1.807) is 12.1 Å². The smallest absolute Gasteiger partial charge is 0.251 e. The molecular formula is C16H23N3O2S. The van der Waals surface area contributed by atoms with Crippen molar-refractivity contribution in [1.29, 1.82) is 0 Å². The number of hydrogen-bond donors (Lipinski definition) is 3. The van der Waals surface area contributed by atoms with Gasteiger partial charge in [-0.2, -0.15) is 0 Å². The van der Waals surface area contributed by atoms with Crippen LogP contribution < -0.4 is 16.4 Å². The summed E-state index contributed by atoms with van der Waals surface area (Å²) in [6, 6.07) is 5.37. The molecule has 0 saturated carbocycles. The number of carbonyl (C=O) groups excluding carboxylic acids is 2. The van der Waals surface area contributed by atoms with E-state index in [-0.39, 0.29) is 22.6 Å². The summed E-state index contributed by atoms with van der Waals surface area (Å²) in [6.45, 7) is 6.33. The highest BCUT2D eigenvalue weighted by atomic mass is 32.2. The molecule has 1 aromatic rings. The first-order valence-corrected chi connectivity index (χ1v) is 8.45. The molecule has 0 bridgehead atoms. The minimum atomic E-state index is -0.372. The average molecular weight is 321 g/mol. The largest absolute Gasteiger partial charge is 0.350 e. The second kappa shape index (κ2) is 6.71. The maximum atomic E-state index is 12.3. The Balaban J connectivity index is 2.09. The van der Waals surface area contributed by atoms with Crippen molar-refractivity contribution in [3.05, 3.63) is 23.8 Å². The van der Waals surface area contributed by atoms with Crippen molar-refractivity contribution in [2.75, 3.05) is 11.9 Å². The van der Waals surface area contributed by atoms with Gasteiger partial charge in [0.15, 0.2) is 0 Å². The van der Waals surface area contributed by atoms with Gasteiger partial charge < -0.3 is 16.4 Å². The molecule has 5 nitrogen and oxygen atoms in total. The van der Waals surface area contributed by atoms with E-state index in [4.69, 9.17) is 5.73 Å². The summed E-state index contributed by atoms with van der Waals surface area (Å²) in [5.74, 6) is -0.203. The van der Waals surface area contributed by atoms with Crippen LogP contribution in [-0.2, 0) is 4.79 Å². The Labute approximate surface area is 135 Å². The standard InChI is InChI=1S/C16H23N3O2S/c1-4-16(17,5-2)9-18-15(21)11-6-7-13-12(8-11)19-14(20)10(3)22-13/h6-8,10H,4-5,9,17H2,1-3H3,(H,18,21)(H,19,20). The maximum absolute atomic E-state index is 12.3. The molecule has 0 aromatic heterocycles. The summed E-state index contributed by atoms with van der Waals surface area (Å²) in [7, 11) is 0. The number of fused-ring (bicyclic) bond motifs is 1. The fraction of sp³-hybridized carbons (Fsp3) is 0.500. The predicted octanol–water partition coefficient (Wildman–Crippen LogP) is 2.37. The second-order valence-corrected chi connectivity index (χ2v) is 7.10. The van der Waals surface area contributed by atoms with Gasteiger partial charge >= 0.3 is 0 Å². The van der Waals surface area contributed by atoms with E-state index in [0.29, 0.717) is 17.8 Å². The summed E-state index contributed by atoms with van der Waals surface area (Å²) in [5, 5.41) is 5.61. The van der Waals surface area contributed by atoms with Gasteiger partial charge in [0.1, 0.15) is 0 Å². The third kappa shape index (κ3) is 3.62. The van der Waals surface area contributed by atoms with E-state index in [0.717, 1.165) is 17.7 Å². The quantitative estimate of drug-likeness (QED) is 0.777. The van der Waals surface area contributed by atoms with Gasteiger partial charge in [-0.05, 0) is 38.0 Å². The van der Waals surface area contributed by atoms with E-state index in [2.05, 4.69) is 10.6 Å². The van der Waals surface area contributed by atoms with Crippen molar-refractivity contribution >= 4 is 29.3 Å². The molecule has 0 spiro atoms. The Bertz CT molecular complexity index is 585. The van der Waals surface area contributed by atoms with Crippen LogP contribution in [0.5, 0.6) is 0 Å². The number of benzene rings is 1. The minimum absolute atomic E-state index is 0.0343. The first-order valence-electron chi connectivity index (χ1n) is 7.57. The molecule has 1 aliphatic rings. The lowest BCUT2D eigenvalue weighted by Crippen LogP contribution is -2.49. The van der Waals surface area contributed by atoms with E-state index in [1.807, 2.05) is 26.8 Å². The summed E-state index contributed by atoms with van der Waals surface area (Å²) < 4.78 is 0. The number of anilines is 1. The van der Waals surface area contributed by atoms with Gasteiger partial charge in [0, 0.05) is 22.5 Å². The third-order valence-corrected chi connectivity index (χ3v) is 5.36. The summed E-state index contributed by atoms with van der Waals surface area (Å²) in [5.41, 5.74) is 7.05. The highest BCUT2D eigenvalue weighted by molar-refractivity contribution is 8.00. The van der Waals surface area contributed by atoms with Crippen molar-refractivity contribution < 1.29 is 9.59 Å². The van der Waals surface area contributed by atoms with Gasteiger partial charge in [0.2, 0.25) is 5.91 Å². The van der Waals surface area contributed by atoms with Crippen LogP contribution in [0.4, 0.5) is 5.69 Å². The van der Waals surface area contributed by atoms with Crippen LogP contribution >= 0.6 is 11.8 Å². The van der Waals surface area contributed by atoms with Crippen molar-refractivity contribution in [3.63, 3.8) is 0 Å². The Morgan fingerprint density at radius 3 is 2.73 bits per heavy atom. The van der Waals surface area contributed by atoms with Crippen molar-refractivity contribution in [3.8, 4) is 0 Å². The molecule has 120 valence electrons.